The number of aliphatic hydroxyl groups excluding tert-OH is 1. The SMILES string of the molecule is CC(=O)c1cc(C)ccc1OCC(O)C[NH+]1CCC(n2c(=O)[nH]c3ccccc32)CC1.[Cl-]. The minimum atomic E-state index is -0.622. The van der Waals surface area contributed by atoms with Crippen LogP contribution in [0.15, 0.2) is 47.3 Å². The second-order valence-electron chi connectivity index (χ2n) is 8.52. The van der Waals surface area contributed by atoms with Gasteiger partial charge in [-0.2, -0.15) is 0 Å². The number of carbonyl (C=O) groups is 1. The summed E-state index contributed by atoms with van der Waals surface area (Å²) in [4.78, 5) is 28.5. The van der Waals surface area contributed by atoms with Crippen molar-refractivity contribution in [1.82, 2.24) is 9.55 Å². The molecule has 0 amide bonds. The van der Waals surface area contributed by atoms with Crippen molar-refractivity contribution in [2.45, 2.75) is 38.8 Å². The number of ether oxygens (including phenoxy) is 1. The lowest BCUT2D eigenvalue weighted by atomic mass is 10.0. The van der Waals surface area contributed by atoms with E-state index in [4.69, 9.17) is 4.74 Å². The van der Waals surface area contributed by atoms with E-state index in [-0.39, 0.29) is 36.5 Å². The van der Waals surface area contributed by atoms with E-state index in [0.29, 0.717) is 17.9 Å². The Kier molecular flexibility index (Phi) is 7.77. The van der Waals surface area contributed by atoms with E-state index < -0.39 is 6.10 Å². The third-order valence-corrected chi connectivity index (χ3v) is 6.12. The summed E-state index contributed by atoms with van der Waals surface area (Å²) in [6, 6.07) is 13.5. The van der Waals surface area contributed by atoms with E-state index in [9.17, 15) is 14.7 Å². The summed E-state index contributed by atoms with van der Waals surface area (Å²) in [5.41, 5.74) is 3.32. The zero-order valence-electron chi connectivity index (χ0n) is 18.4. The number of imidazole rings is 1. The van der Waals surface area contributed by atoms with Gasteiger partial charge in [-0.05, 0) is 38.1 Å². The fraction of sp³-hybridized carbons (Fsp3) is 0.417. The van der Waals surface area contributed by atoms with Crippen LogP contribution in [0.3, 0.4) is 0 Å². The zero-order chi connectivity index (χ0) is 22.0. The van der Waals surface area contributed by atoms with Crippen molar-refractivity contribution in [3.63, 3.8) is 0 Å². The first-order chi connectivity index (χ1) is 14.9. The lowest BCUT2D eigenvalue weighted by Gasteiger charge is -2.31. The van der Waals surface area contributed by atoms with Gasteiger partial charge >= 0.3 is 5.69 Å². The number of hydrogen-bond acceptors (Lipinski definition) is 4. The van der Waals surface area contributed by atoms with Crippen LogP contribution in [-0.4, -0.2) is 52.8 Å². The number of aliphatic hydroxyl groups is 1. The molecule has 0 radical (unpaired) electrons. The number of likely N-dealkylation sites (tertiary alicyclic amines) is 1. The molecule has 4 rings (SSSR count). The summed E-state index contributed by atoms with van der Waals surface area (Å²) < 4.78 is 7.65. The average Bonchev–Trinajstić information content (AvgIpc) is 3.09. The smallest absolute Gasteiger partial charge is 0.326 e. The molecular weight excluding hydrogens is 430 g/mol. The predicted octanol–water partition coefficient (Wildman–Crippen LogP) is -1.50. The highest BCUT2D eigenvalue weighted by atomic mass is 35.5. The van der Waals surface area contributed by atoms with Gasteiger partial charge in [0.25, 0.3) is 0 Å². The van der Waals surface area contributed by atoms with Gasteiger partial charge in [0, 0.05) is 18.9 Å². The van der Waals surface area contributed by atoms with E-state index >= 15 is 0 Å². The van der Waals surface area contributed by atoms with Gasteiger partial charge in [0.05, 0.1) is 29.7 Å². The fourth-order valence-corrected chi connectivity index (χ4v) is 4.53. The molecule has 1 saturated heterocycles. The lowest BCUT2D eigenvalue weighted by molar-refractivity contribution is -0.908. The van der Waals surface area contributed by atoms with Crippen LogP contribution in [0.4, 0.5) is 0 Å². The van der Waals surface area contributed by atoms with Crippen molar-refractivity contribution in [1.29, 1.82) is 0 Å². The van der Waals surface area contributed by atoms with Crippen LogP contribution in [-0.2, 0) is 0 Å². The minimum Gasteiger partial charge on any atom is -1.00 e. The Hall–Kier alpha value is -2.61. The first-order valence-electron chi connectivity index (χ1n) is 10.9. The second-order valence-corrected chi connectivity index (χ2v) is 8.52. The Morgan fingerprint density at radius 1 is 1.25 bits per heavy atom. The Morgan fingerprint density at radius 2 is 1.97 bits per heavy atom. The maximum absolute atomic E-state index is 12.4. The standard InChI is InChI=1S/C24H29N3O4.ClH/c1-16-7-8-23(20(13-16)17(2)28)31-15-19(29)14-26-11-9-18(10-12-26)27-22-6-4-3-5-21(22)25-24(27)30;/h3-8,13,18-19,29H,9-12,14-15H2,1-2H3,(H,25,30);1H. The zero-order valence-corrected chi connectivity index (χ0v) is 19.2. The largest absolute Gasteiger partial charge is 1.00 e. The number of benzene rings is 2. The van der Waals surface area contributed by atoms with Crippen molar-refractivity contribution in [2.75, 3.05) is 26.2 Å². The Morgan fingerprint density at radius 3 is 2.69 bits per heavy atom. The highest BCUT2D eigenvalue weighted by molar-refractivity contribution is 5.97. The van der Waals surface area contributed by atoms with E-state index in [1.165, 1.54) is 11.8 Å². The number of hydrogen-bond donors (Lipinski definition) is 3. The Bertz CT molecular complexity index is 1130. The lowest BCUT2D eigenvalue weighted by Crippen LogP contribution is -3.14. The summed E-state index contributed by atoms with van der Waals surface area (Å²) in [7, 11) is 0. The molecule has 3 aromatic rings. The Labute approximate surface area is 193 Å². The molecular formula is C24H30ClN3O4. The van der Waals surface area contributed by atoms with Gasteiger partial charge in [-0.15, -0.1) is 0 Å². The first-order valence-corrected chi connectivity index (χ1v) is 10.9. The van der Waals surface area contributed by atoms with Gasteiger partial charge in [0.2, 0.25) is 0 Å². The molecule has 1 aliphatic rings. The molecule has 0 bridgehead atoms. The number of H-pyrrole nitrogens is 1. The van der Waals surface area contributed by atoms with Crippen LogP contribution in [0, 0.1) is 6.92 Å². The number of Topliss-reactive ketones (excluding diaryl/α,β-unsaturated/α-hetero) is 1. The first kappa shape index (κ1) is 24.0. The van der Waals surface area contributed by atoms with Gasteiger partial charge in [0.15, 0.2) is 5.78 Å². The van der Waals surface area contributed by atoms with Crippen LogP contribution in [0.2, 0.25) is 0 Å². The molecule has 7 nitrogen and oxygen atoms in total. The number of aryl methyl sites for hydroxylation is 1. The summed E-state index contributed by atoms with van der Waals surface area (Å²) in [6.45, 7) is 5.95. The predicted molar refractivity (Wildman–Crippen MR) is 119 cm³/mol. The van der Waals surface area contributed by atoms with Crippen LogP contribution in [0.5, 0.6) is 5.75 Å². The van der Waals surface area contributed by atoms with Gasteiger partial charge in [0.1, 0.15) is 25.0 Å². The van der Waals surface area contributed by atoms with Gasteiger partial charge < -0.3 is 32.1 Å². The molecule has 2 aromatic carbocycles. The molecule has 1 fully saturated rings. The van der Waals surface area contributed by atoms with Crippen LogP contribution >= 0.6 is 0 Å². The van der Waals surface area contributed by atoms with E-state index in [2.05, 4.69) is 4.98 Å². The average molecular weight is 460 g/mol. The number of nitrogens with zero attached hydrogens (tertiary/aromatic N) is 1. The number of carbonyl (C=O) groups excluding carboxylic acids is 1. The molecule has 2 heterocycles. The quantitative estimate of drug-likeness (QED) is 0.375. The number of fused-ring (bicyclic) bond motifs is 1. The fourth-order valence-electron chi connectivity index (χ4n) is 4.53. The summed E-state index contributed by atoms with van der Waals surface area (Å²) in [6.07, 6.45) is 1.15. The third-order valence-electron chi connectivity index (χ3n) is 6.12. The van der Waals surface area contributed by atoms with Crippen molar-refractivity contribution in [3.05, 3.63) is 64.1 Å². The number of para-hydroxylation sites is 2. The molecule has 0 aliphatic carbocycles. The van der Waals surface area contributed by atoms with Gasteiger partial charge in [-0.1, -0.05) is 23.8 Å². The normalized spacial score (nSPS) is 19.3. The number of piperidine rings is 1. The van der Waals surface area contributed by atoms with Gasteiger partial charge in [-0.3, -0.25) is 9.36 Å². The molecule has 0 saturated carbocycles. The number of aromatic nitrogens is 2. The van der Waals surface area contributed by atoms with Crippen molar-refractivity contribution in [3.8, 4) is 5.75 Å². The minimum absolute atomic E-state index is 0. The molecule has 1 unspecified atom stereocenters. The molecule has 0 spiro atoms. The van der Waals surface area contributed by atoms with Crippen LogP contribution < -0.4 is 27.7 Å². The molecule has 1 atom stereocenters. The third kappa shape index (κ3) is 5.23. The number of halogens is 1. The summed E-state index contributed by atoms with van der Waals surface area (Å²) in [5.74, 6) is 0.470. The van der Waals surface area contributed by atoms with E-state index in [1.807, 2.05) is 47.9 Å². The summed E-state index contributed by atoms with van der Waals surface area (Å²) >= 11 is 0. The monoisotopic (exact) mass is 459 g/mol. The molecule has 1 aliphatic heterocycles. The van der Waals surface area contributed by atoms with Crippen molar-refractivity contribution in [2.24, 2.45) is 0 Å². The number of quaternary nitrogens is 1. The highest BCUT2D eigenvalue weighted by Gasteiger charge is 2.27. The molecule has 1 aromatic heterocycles. The number of ketones is 1. The van der Waals surface area contributed by atoms with Crippen LogP contribution in [0.25, 0.3) is 11.0 Å². The molecule has 8 heteroatoms. The molecule has 172 valence electrons. The van der Waals surface area contributed by atoms with E-state index in [1.54, 1.807) is 6.07 Å². The number of nitrogens with one attached hydrogen (secondary N) is 2. The molecule has 3 N–H and O–H groups in total. The van der Waals surface area contributed by atoms with Gasteiger partial charge in [-0.25, -0.2) is 4.79 Å². The van der Waals surface area contributed by atoms with Crippen molar-refractivity contribution < 1.29 is 31.9 Å². The molecule has 32 heavy (non-hydrogen) atoms. The maximum Gasteiger partial charge on any atom is 0.326 e. The van der Waals surface area contributed by atoms with E-state index in [0.717, 1.165) is 42.5 Å². The number of rotatable bonds is 7. The highest BCUT2D eigenvalue weighted by Crippen LogP contribution is 2.22. The Balaban J connectivity index is 0.00000289. The number of aromatic amines is 1. The summed E-state index contributed by atoms with van der Waals surface area (Å²) in [5, 5.41) is 10.5. The van der Waals surface area contributed by atoms with Crippen molar-refractivity contribution >= 4 is 16.8 Å². The topological polar surface area (TPSA) is 88.8 Å². The second kappa shape index (κ2) is 10.3. The van der Waals surface area contributed by atoms with Crippen LogP contribution in [0.1, 0.15) is 41.7 Å². The maximum atomic E-state index is 12.4.